The van der Waals surface area contributed by atoms with Crippen LogP contribution in [0.4, 0.5) is 13.2 Å². The van der Waals surface area contributed by atoms with Gasteiger partial charge in [-0.05, 0) is 56.9 Å². The topological polar surface area (TPSA) is 0 Å². The molecule has 0 bridgehead atoms. The van der Waals surface area contributed by atoms with Gasteiger partial charge in [-0.1, -0.05) is 48.6 Å². The summed E-state index contributed by atoms with van der Waals surface area (Å²) in [6.07, 6.45) is 10.7. The van der Waals surface area contributed by atoms with Crippen molar-refractivity contribution >= 4 is 22.7 Å². The molecule has 0 aliphatic heterocycles. The van der Waals surface area contributed by atoms with E-state index < -0.39 is 11.7 Å². The van der Waals surface area contributed by atoms with Crippen LogP contribution in [0.25, 0.3) is 22.7 Å². The molecule has 0 amide bonds. The van der Waals surface area contributed by atoms with E-state index in [1.165, 1.54) is 18.2 Å². The third-order valence-electron chi connectivity index (χ3n) is 5.39. The number of allylic oxidation sites excluding steroid dienone is 4. The van der Waals surface area contributed by atoms with Gasteiger partial charge in [-0.3, -0.25) is 0 Å². The molecule has 1 saturated carbocycles. The summed E-state index contributed by atoms with van der Waals surface area (Å²) in [5.74, 6) is -1.72. The zero-order chi connectivity index (χ0) is 19.4. The van der Waals surface area contributed by atoms with Gasteiger partial charge in [-0.2, -0.15) is 0 Å². The number of benzene rings is 2. The molecule has 0 unspecified atom stereocenters. The molecule has 2 aromatic carbocycles. The summed E-state index contributed by atoms with van der Waals surface area (Å²) in [7, 11) is 0. The Hall–Kier alpha value is -2.29. The van der Waals surface area contributed by atoms with Crippen LogP contribution in [0.3, 0.4) is 0 Å². The smallest absolute Gasteiger partial charge is 0.162 e. The third-order valence-corrected chi connectivity index (χ3v) is 5.39. The highest BCUT2D eigenvalue weighted by Crippen LogP contribution is 2.38. The maximum atomic E-state index is 14.8. The molecule has 27 heavy (non-hydrogen) atoms. The van der Waals surface area contributed by atoms with Crippen LogP contribution in [0.2, 0.25) is 0 Å². The normalized spacial score (nSPS) is 22.0. The van der Waals surface area contributed by atoms with Crippen LogP contribution in [0, 0.1) is 17.7 Å². The molecular formula is C24H25F3. The molecule has 1 aliphatic rings. The van der Waals surface area contributed by atoms with Gasteiger partial charge in [0, 0.05) is 22.4 Å². The van der Waals surface area contributed by atoms with E-state index in [0.717, 1.165) is 12.8 Å². The SMILES string of the molecule is C/C=C/c1ccc2cc(C(F)=C(F)C3CCC(/C=C/C)CC3)ccc2c1F. The van der Waals surface area contributed by atoms with Crippen molar-refractivity contribution in [3.63, 3.8) is 0 Å². The van der Waals surface area contributed by atoms with Crippen LogP contribution in [0.5, 0.6) is 0 Å². The highest BCUT2D eigenvalue weighted by molar-refractivity contribution is 5.88. The Labute approximate surface area is 159 Å². The van der Waals surface area contributed by atoms with E-state index in [0.29, 0.717) is 35.1 Å². The van der Waals surface area contributed by atoms with Crippen LogP contribution < -0.4 is 0 Å². The molecule has 1 fully saturated rings. The quantitative estimate of drug-likeness (QED) is 0.478. The van der Waals surface area contributed by atoms with E-state index in [9.17, 15) is 13.2 Å². The van der Waals surface area contributed by atoms with Crippen molar-refractivity contribution in [1.29, 1.82) is 0 Å². The van der Waals surface area contributed by atoms with Crippen molar-refractivity contribution in [2.24, 2.45) is 11.8 Å². The molecule has 3 rings (SSSR count). The lowest BCUT2D eigenvalue weighted by Gasteiger charge is -2.25. The van der Waals surface area contributed by atoms with Crippen molar-refractivity contribution in [3.8, 4) is 0 Å². The molecule has 0 nitrogen and oxygen atoms in total. The summed E-state index contributed by atoms with van der Waals surface area (Å²) < 4.78 is 44.0. The maximum absolute atomic E-state index is 14.8. The van der Waals surface area contributed by atoms with Crippen LogP contribution in [0.1, 0.15) is 50.7 Å². The highest BCUT2D eigenvalue weighted by Gasteiger charge is 2.26. The first-order chi connectivity index (χ1) is 13.0. The molecule has 142 valence electrons. The molecular weight excluding hydrogens is 345 g/mol. The van der Waals surface area contributed by atoms with Gasteiger partial charge in [-0.25, -0.2) is 13.2 Å². The molecule has 0 atom stereocenters. The molecule has 0 heterocycles. The van der Waals surface area contributed by atoms with Gasteiger partial charge >= 0.3 is 0 Å². The summed E-state index contributed by atoms with van der Waals surface area (Å²) in [6.45, 7) is 3.80. The fourth-order valence-corrected chi connectivity index (χ4v) is 3.91. The first-order valence-electron chi connectivity index (χ1n) is 9.58. The van der Waals surface area contributed by atoms with Crippen molar-refractivity contribution in [1.82, 2.24) is 0 Å². The van der Waals surface area contributed by atoms with Gasteiger partial charge in [0.2, 0.25) is 0 Å². The molecule has 0 N–H and O–H groups in total. The van der Waals surface area contributed by atoms with Crippen LogP contribution >= 0.6 is 0 Å². The minimum Gasteiger partial charge on any atom is -0.208 e. The molecule has 3 heteroatoms. The number of halogens is 3. The number of hydrogen-bond acceptors (Lipinski definition) is 0. The van der Waals surface area contributed by atoms with Gasteiger partial charge in [0.25, 0.3) is 0 Å². The fraction of sp³-hybridized carbons (Fsp3) is 0.333. The molecule has 0 saturated heterocycles. The Morgan fingerprint density at radius 2 is 1.70 bits per heavy atom. The van der Waals surface area contributed by atoms with E-state index in [-0.39, 0.29) is 17.3 Å². The maximum Gasteiger partial charge on any atom is 0.162 e. The van der Waals surface area contributed by atoms with Crippen LogP contribution in [-0.4, -0.2) is 0 Å². The van der Waals surface area contributed by atoms with Gasteiger partial charge < -0.3 is 0 Å². The minimum absolute atomic E-state index is 0.175. The van der Waals surface area contributed by atoms with E-state index >= 15 is 0 Å². The Bertz CT molecular complexity index is 897. The largest absolute Gasteiger partial charge is 0.208 e. The van der Waals surface area contributed by atoms with E-state index in [2.05, 4.69) is 6.08 Å². The molecule has 0 aromatic heterocycles. The summed E-state index contributed by atoms with van der Waals surface area (Å²) in [5, 5.41) is 0.979. The molecule has 2 aromatic rings. The van der Waals surface area contributed by atoms with Crippen LogP contribution in [-0.2, 0) is 0 Å². The second-order valence-electron chi connectivity index (χ2n) is 7.20. The summed E-state index contributed by atoms with van der Waals surface area (Å²) in [4.78, 5) is 0. The van der Waals surface area contributed by atoms with E-state index in [1.54, 1.807) is 24.3 Å². The first kappa shape index (κ1) is 19.5. The predicted octanol–water partition coefficient (Wildman–Crippen LogP) is 8.00. The Balaban J connectivity index is 1.87. The van der Waals surface area contributed by atoms with Gasteiger partial charge in [-0.15, -0.1) is 0 Å². The minimum atomic E-state index is -0.815. The van der Waals surface area contributed by atoms with E-state index in [1.807, 2.05) is 19.9 Å². The third kappa shape index (κ3) is 4.18. The Morgan fingerprint density at radius 3 is 2.37 bits per heavy atom. The number of hydrogen-bond donors (Lipinski definition) is 0. The van der Waals surface area contributed by atoms with Gasteiger partial charge in [0.05, 0.1) is 0 Å². The van der Waals surface area contributed by atoms with Crippen molar-refractivity contribution in [3.05, 3.63) is 71.3 Å². The molecule has 0 spiro atoms. The predicted molar refractivity (Wildman–Crippen MR) is 108 cm³/mol. The van der Waals surface area contributed by atoms with Crippen LogP contribution in [0.15, 0.2) is 54.4 Å². The average molecular weight is 370 g/mol. The standard InChI is InChI=1S/C24H25F3/c1-3-5-16-7-9-18(10-8-16)23(26)24(27)20-13-14-21-19(15-20)12-11-17(6-4-2)22(21)25/h3-6,11-16,18H,7-10H2,1-2H3/b5-3+,6-4+,24-23?. The molecule has 1 aliphatic carbocycles. The van der Waals surface area contributed by atoms with E-state index in [4.69, 9.17) is 0 Å². The van der Waals surface area contributed by atoms with Crippen molar-refractivity contribution in [2.45, 2.75) is 39.5 Å². The number of fused-ring (bicyclic) bond motifs is 1. The summed E-state index contributed by atoms with van der Waals surface area (Å²) in [5.41, 5.74) is 0.659. The highest BCUT2D eigenvalue weighted by atomic mass is 19.2. The Morgan fingerprint density at radius 1 is 0.963 bits per heavy atom. The van der Waals surface area contributed by atoms with Gasteiger partial charge in [0.1, 0.15) is 11.6 Å². The summed E-state index contributed by atoms with van der Waals surface area (Å²) >= 11 is 0. The fourth-order valence-electron chi connectivity index (χ4n) is 3.91. The lowest BCUT2D eigenvalue weighted by Crippen LogP contribution is -2.14. The van der Waals surface area contributed by atoms with Crippen molar-refractivity contribution in [2.75, 3.05) is 0 Å². The lowest BCUT2D eigenvalue weighted by atomic mass is 9.81. The second-order valence-corrected chi connectivity index (χ2v) is 7.20. The zero-order valence-electron chi connectivity index (χ0n) is 15.8. The van der Waals surface area contributed by atoms with Gasteiger partial charge in [0.15, 0.2) is 5.83 Å². The Kier molecular flexibility index (Phi) is 6.20. The number of rotatable bonds is 4. The first-order valence-corrected chi connectivity index (χ1v) is 9.58. The zero-order valence-corrected chi connectivity index (χ0v) is 15.8. The lowest BCUT2D eigenvalue weighted by molar-refractivity contribution is 0.304. The van der Waals surface area contributed by atoms with Crippen molar-refractivity contribution < 1.29 is 13.2 Å². The monoisotopic (exact) mass is 370 g/mol. The second kappa shape index (κ2) is 8.60. The average Bonchev–Trinajstić information content (AvgIpc) is 2.70. The summed E-state index contributed by atoms with van der Waals surface area (Å²) in [6, 6.07) is 7.92. The molecule has 0 radical (unpaired) electrons.